The fourth-order valence-corrected chi connectivity index (χ4v) is 2.52. The van der Waals surface area contributed by atoms with E-state index in [2.05, 4.69) is 4.98 Å². The van der Waals surface area contributed by atoms with Gasteiger partial charge in [0.1, 0.15) is 11.3 Å². The van der Waals surface area contributed by atoms with Gasteiger partial charge in [-0.05, 0) is 36.8 Å². The smallest absolute Gasteiger partial charge is 0.206 e. The largest absolute Gasteiger partial charge is 0.494 e. The molecule has 0 saturated carbocycles. The lowest BCUT2D eigenvalue weighted by Gasteiger charge is -2.11. The fourth-order valence-electron chi connectivity index (χ4n) is 2.35. The molecule has 0 aliphatic heterocycles. The molecule has 102 valence electrons. The monoisotopic (exact) mass is 287 g/mol. The van der Waals surface area contributed by atoms with Gasteiger partial charge < -0.3 is 10.5 Å². The zero-order valence-electron chi connectivity index (χ0n) is 11.2. The normalized spacial score (nSPS) is 10.9. The molecule has 0 saturated heterocycles. The van der Waals surface area contributed by atoms with Crippen LogP contribution in [0.1, 0.15) is 5.56 Å². The van der Waals surface area contributed by atoms with Gasteiger partial charge in [-0.25, -0.2) is 4.98 Å². The molecule has 0 unspecified atom stereocenters. The molecular weight excluding hydrogens is 274 g/mol. The van der Waals surface area contributed by atoms with E-state index in [0.717, 1.165) is 22.3 Å². The zero-order valence-corrected chi connectivity index (χ0v) is 12.0. The lowest BCUT2D eigenvalue weighted by Crippen LogP contribution is -2.02. The molecule has 4 nitrogen and oxygen atoms in total. The summed E-state index contributed by atoms with van der Waals surface area (Å²) in [6, 6.07) is 11.5. The van der Waals surface area contributed by atoms with Crippen molar-refractivity contribution in [3.05, 3.63) is 47.0 Å². The summed E-state index contributed by atoms with van der Waals surface area (Å²) in [5, 5.41) is 0.701. The van der Waals surface area contributed by atoms with Gasteiger partial charge in [-0.2, -0.15) is 0 Å². The van der Waals surface area contributed by atoms with Crippen molar-refractivity contribution in [1.29, 1.82) is 0 Å². The molecule has 2 N–H and O–H groups in total. The molecule has 0 radical (unpaired) electrons. The Morgan fingerprint density at radius 3 is 2.70 bits per heavy atom. The molecule has 3 aromatic rings. The van der Waals surface area contributed by atoms with Crippen molar-refractivity contribution in [3.63, 3.8) is 0 Å². The van der Waals surface area contributed by atoms with Crippen LogP contribution in [-0.4, -0.2) is 16.7 Å². The molecule has 2 aromatic carbocycles. The number of anilines is 1. The van der Waals surface area contributed by atoms with Crippen molar-refractivity contribution >= 4 is 28.6 Å². The van der Waals surface area contributed by atoms with Crippen LogP contribution in [0.2, 0.25) is 5.02 Å². The SMILES string of the molecule is COc1cccc2c1nc(N)n2-c1cccc(Cl)c1C. The number of para-hydroxylation sites is 1. The third-order valence-corrected chi connectivity index (χ3v) is 3.78. The lowest BCUT2D eigenvalue weighted by molar-refractivity contribution is 0.419. The molecule has 0 aliphatic rings. The highest BCUT2D eigenvalue weighted by Crippen LogP contribution is 2.32. The van der Waals surface area contributed by atoms with Crippen molar-refractivity contribution < 1.29 is 4.74 Å². The average molecular weight is 288 g/mol. The molecule has 20 heavy (non-hydrogen) atoms. The molecule has 0 atom stereocenters. The minimum atomic E-state index is 0.412. The number of methoxy groups -OCH3 is 1. The van der Waals surface area contributed by atoms with Gasteiger partial charge in [0.25, 0.3) is 0 Å². The van der Waals surface area contributed by atoms with E-state index in [4.69, 9.17) is 22.1 Å². The standard InChI is InChI=1S/C15H14ClN3O/c1-9-10(16)5-3-6-11(9)19-12-7-4-8-13(20-2)14(12)18-15(19)17/h3-8H,1-2H3,(H2,17,18). The summed E-state index contributed by atoms with van der Waals surface area (Å²) in [5.74, 6) is 1.11. The predicted octanol–water partition coefficient (Wildman–Crippen LogP) is 3.58. The Morgan fingerprint density at radius 1 is 1.20 bits per heavy atom. The summed E-state index contributed by atoms with van der Waals surface area (Å²) in [4.78, 5) is 4.40. The van der Waals surface area contributed by atoms with E-state index in [1.54, 1.807) is 7.11 Å². The van der Waals surface area contributed by atoms with Crippen LogP contribution in [0.15, 0.2) is 36.4 Å². The minimum Gasteiger partial charge on any atom is -0.494 e. The highest BCUT2D eigenvalue weighted by atomic mass is 35.5. The maximum Gasteiger partial charge on any atom is 0.206 e. The van der Waals surface area contributed by atoms with Crippen LogP contribution in [0.25, 0.3) is 16.7 Å². The number of ether oxygens (including phenoxy) is 1. The van der Waals surface area contributed by atoms with Gasteiger partial charge in [0.2, 0.25) is 5.95 Å². The van der Waals surface area contributed by atoms with Crippen LogP contribution in [-0.2, 0) is 0 Å². The topological polar surface area (TPSA) is 53.1 Å². The number of aromatic nitrogens is 2. The average Bonchev–Trinajstić information content (AvgIpc) is 2.78. The summed E-state index contributed by atoms with van der Waals surface area (Å²) in [7, 11) is 1.62. The fraction of sp³-hybridized carbons (Fsp3) is 0.133. The van der Waals surface area contributed by atoms with Gasteiger partial charge in [0, 0.05) is 5.02 Å². The molecule has 0 aliphatic carbocycles. The number of rotatable bonds is 2. The lowest BCUT2D eigenvalue weighted by atomic mass is 10.2. The molecular formula is C15H14ClN3O. The molecule has 0 amide bonds. The Hall–Kier alpha value is -2.20. The summed E-state index contributed by atoms with van der Waals surface area (Å²) >= 11 is 6.19. The number of nitrogens with zero attached hydrogens (tertiary/aromatic N) is 2. The maximum atomic E-state index is 6.19. The molecule has 0 bridgehead atoms. The molecule has 0 fully saturated rings. The van der Waals surface area contributed by atoms with Crippen LogP contribution in [0.4, 0.5) is 5.95 Å². The second-order valence-corrected chi connectivity index (χ2v) is 4.92. The van der Waals surface area contributed by atoms with E-state index >= 15 is 0 Å². The van der Waals surface area contributed by atoms with Gasteiger partial charge in [-0.15, -0.1) is 0 Å². The Morgan fingerprint density at radius 2 is 1.95 bits per heavy atom. The van der Waals surface area contributed by atoms with Crippen molar-refractivity contribution in [2.45, 2.75) is 6.92 Å². The van der Waals surface area contributed by atoms with Gasteiger partial charge >= 0.3 is 0 Å². The zero-order chi connectivity index (χ0) is 14.3. The van der Waals surface area contributed by atoms with Crippen LogP contribution in [0.3, 0.4) is 0 Å². The molecule has 1 aromatic heterocycles. The Bertz CT molecular complexity index is 795. The number of hydrogen-bond acceptors (Lipinski definition) is 3. The summed E-state index contributed by atoms with van der Waals surface area (Å²) < 4.78 is 7.22. The highest BCUT2D eigenvalue weighted by Gasteiger charge is 2.15. The molecule has 3 rings (SSSR count). The number of imidazole rings is 1. The summed E-state index contributed by atoms with van der Waals surface area (Å²) in [6.07, 6.45) is 0. The highest BCUT2D eigenvalue weighted by molar-refractivity contribution is 6.31. The van der Waals surface area contributed by atoms with Crippen molar-refractivity contribution in [1.82, 2.24) is 9.55 Å². The molecule has 0 spiro atoms. The number of nitrogen functional groups attached to an aromatic ring is 1. The van der Waals surface area contributed by atoms with E-state index < -0.39 is 0 Å². The van der Waals surface area contributed by atoms with Crippen molar-refractivity contribution in [2.24, 2.45) is 0 Å². The number of fused-ring (bicyclic) bond motifs is 1. The Kier molecular flexibility index (Phi) is 3.03. The third kappa shape index (κ3) is 1.80. The number of benzene rings is 2. The minimum absolute atomic E-state index is 0.412. The Labute approximate surface area is 121 Å². The molecule has 1 heterocycles. The first kappa shape index (κ1) is 12.8. The van der Waals surface area contributed by atoms with Gasteiger partial charge in [-0.3, -0.25) is 4.57 Å². The van der Waals surface area contributed by atoms with Crippen LogP contribution >= 0.6 is 11.6 Å². The van der Waals surface area contributed by atoms with E-state index in [9.17, 15) is 0 Å². The first-order valence-corrected chi connectivity index (χ1v) is 6.57. The maximum absolute atomic E-state index is 6.19. The number of nitrogens with two attached hydrogens (primary N) is 1. The van der Waals surface area contributed by atoms with Crippen molar-refractivity contribution in [3.8, 4) is 11.4 Å². The number of halogens is 1. The molecule has 5 heteroatoms. The van der Waals surface area contributed by atoms with Gasteiger partial charge in [0.05, 0.1) is 18.3 Å². The second kappa shape index (κ2) is 4.72. The second-order valence-electron chi connectivity index (χ2n) is 4.52. The van der Waals surface area contributed by atoms with Gasteiger partial charge in [0.15, 0.2) is 0 Å². The van der Waals surface area contributed by atoms with E-state index in [0.29, 0.717) is 16.7 Å². The Balaban J connectivity index is 2.37. The quantitative estimate of drug-likeness (QED) is 0.784. The summed E-state index contributed by atoms with van der Waals surface area (Å²) in [5.41, 5.74) is 9.60. The first-order valence-electron chi connectivity index (χ1n) is 6.20. The van der Waals surface area contributed by atoms with Crippen molar-refractivity contribution in [2.75, 3.05) is 12.8 Å². The predicted molar refractivity (Wildman–Crippen MR) is 81.8 cm³/mol. The van der Waals surface area contributed by atoms with E-state index in [-0.39, 0.29) is 0 Å². The van der Waals surface area contributed by atoms with Crippen LogP contribution in [0, 0.1) is 6.92 Å². The van der Waals surface area contributed by atoms with Gasteiger partial charge in [-0.1, -0.05) is 23.7 Å². The van der Waals surface area contributed by atoms with Crippen LogP contribution in [0.5, 0.6) is 5.75 Å². The van der Waals surface area contributed by atoms with Crippen LogP contribution < -0.4 is 10.5 Å². The number of hydrogen-bond donors (Lipinski definition) is 1. The third-order valence-electron chi connectivity index (χ3n) is 3.37. The summed E-state index contributed by atoms with van der Waals surface area (Å²) in [6.45, 7) is 1.96. The van der Waals surface area contributed by atoms with E-state index in [1.807, 2.05) is 47.9 Å². The van der Waals surface area contributed by atoms with E-state index in [1.165, 1.54) is 0 Å². The first-order chi connectivity index (χ1) is 9.63.